The molecule has 1 atom stereocenters. The van der Waals surface area contributed by atoms with Gasteiger partial charge < -0.3 is 4.74 Å². The number of halogens is 1. The second-order valence-electron chi connectivity index (χ2n) is 5.11. The number of nitrogens with zero attached hydrogens (tertiary/aromatic N) is 2. The van der Waals surface area contributed by atoms with Gasteiger partial charge in [-0.2, -0.15) is 0 Å². The molecule has 3 aromatic rings. The number of benzene rings is 2. The van der Waals surface area contributed by atoms with Crippen LogP contribution in [0.5, 0.6) is 5.75 Å². The quantitative estimate of drug-likeness (QED) is 0.731. The van der Waals surface area contributed by atoms with E-state index in [9.17, 15) is 4.79 Å². The molecule has 0 fully saturated rings. The number of carbonyl (C=O) groups is 1. The Balaban J connectivity index is 1.85. The van der Waals surface area contributed by atoms with Gasteiger partial charge in [0.25, 0.3) is 5.91 Å². The van der Waals surface area contributed by atoms with Crippen molar-refractivity contribution < 1.29 is 9.53 Å². The van der Waals surface area contributed by atoms with Gasteiger partial charge in [-0.05, 0) is 49.7 Å². The van der Waals surface area contributed by atoms with Crippen LogP contribution in [0.4, 0.5) is 0 Å². The Morgan fingerprint density at radius 1 is 1.27 bits per heavy atom. The zero-order valence-electron chi connectivity index (χ0n) is 12.3. The zero-order chi connectivity index (χ0) is 15.7. The summed E-state index contributed by atoms with van der Waals surface area (Å²) in [5, 5.41) is 0.643. The lowest BCUT2D eigenvalue weighted by Gasteiger charge is -2.16. The van der Waals surface area contributed by atoms with Crippen LogP contribution in [0.25, 0.3) is 11.0 Å². The molecule has 0 saturated carbocycles. The molecule has 4 nitrogen and oxygen atoms in total. The van der Waals surface area contributed by atoms with Crippen molar-refractivity contribution in [3.63, 3.8) is 0 Å². The van der Waals surface area contributed by atoms with E-state index >= 15 is 0 Å². The smallest absolute Gasteiger partial charge is 0.273 e. The van der Waals surface area contributed by atoms with E-state index in [0.717, 1.165) is 16.6 Å². The highest BCUT2D eigenvalue weighted by atomic mass is 35.5. The highest BCUT2D eigenvalue weighted by molar-refractivity contribution is 6.30. The summed E-state index contributed by atoms with van der Waals surface area (Å²) in [6, 6.07) is 12.8. The van der Waals surface area contributed by atoms with Gasteiger partial charge in [0.05, 0.1) is 11.0 Å². The third-order valence-corrected chi connectivity index (χ3v) is 3.71. The van der Waals surface area contributed by atoms with E-state index in [2.05, 4.69) is 4.98 Å². The minimum atomic E-state index is -0.627. The summed E-state index contributed by atoms with van der Waals surface area (Å²) >= 11 is 5.93. The number of imidazole rings is 1. The van der Waals surface area contributed by atoms with Crippen LogP contribution in [0.2, 0.25) is 5.02 Å². The van der Waals surface area contributed by atoms with E-state index < -0.39 is 6.10 Å². The molecule has 3 rings (SSSR count). The first kappa shape index (κ1) is 14.6. The highest BCUT2D eigenvalue weighted by Gasteiger charge is 2.19. The molecule has 22 heavy (non-hydrogen) atoms. The Morgan fingerprint density at radius 3 is 2.82 bits per heavy atom. The lowest BCUT2D eigenvalue weighted by Crippen LogP contribution is -2.29. The summed E-state index contributed by atoms with van der Waals surface area (Å²) in [4.78, 5) is 16.8. The van der Waals surface area contributed by atoms with E-state index in [1.807, 2.05) is 31.2 Å². The zero-order valence-corrected chi connectivity index (χ0v) is 13.0. The Labute approximate surface area is 133 Å². The molecule has 0 amide bonds. The van der Waals surface area contributed by atoms with Crippen LogP contribution in [0.15, 0.2) is 48.8 Å². The van der Waals surface area contributed by atoms with E-state index in [-0.39, 0.29) is 5.91 Å². The Hall–Kier alpha value is -2.33. The molecule has 0 bridgehead atoms. The van der Waals surface area contributed by atoms with Gasteiger partial charge in [0.1, 0.15) is 12.1 Å². The van der Waals surface area contributed by atoms with Crippen molar-refractivity contribution in [3.8, 4) is 5.75 Å². The van der Waals surface area contributed by atoms with Gasteiger partial charge in [-0.3, -0.25) is 9.36 Å². The summed E-state index contributed by atoms with van der Waals surface area (Å²) in [5.41, 5.74) is 2.45. The molecule has 0 spiro atoms. The van der Waals surface area contributed by atoms with Gasteiger partial charge in [0.15, 0.2) is 6.10 Å². The molecule has 112 valence electrons. The topological polar surface area (TPSA) is 44.1 Å². The molecule has 2 aromatic carbocycles. The van der Waals surface area contributed by atoms with E-state index in [1.54, 1.807) is 25.1 Å². The van der Waals surface area contributed by atoms with Gasteiger partial charge in [0.2, 0.25) is 0 Å². The van der Waals surface area contributed by atoms with Crippen LogP contribution in [-0.2, 0) is 0 Å². The molecule has 0 saturated heterocycles. The number of para-hydroxylation sites is 2. The lowest BCUT2D eigenvalue weighted by molar-refractivity contribution is 0.0732. The summed E-state index contributed by atoms with van der Waals surface area (Å²) in [6.07, 6.45) is 0.902. The first-order valence-corrected chi connectivity index (χ1v) is 7.33. The first-order valence-electron chi connectivity index (χ1n) is 6.95. The maximum atomic E-state index is 12.6. The van der Waals surface area contributed by atoms with Crippen molar-refractivity contribution >= 4 is 28.5 Å². The summed E-state index contributed by atoms with van der Waals surface area (Å²) in [6.45, 7) is 3.62. The SMILES string of the molecule is Cc1cc(Cl)ccc1O[C@@H](C)C(=O)n1cnc2ccccc21. The van der Waals surface area contributed by atoms with Crippen LogP contribution in [0.3, 0.4) is 0 Å². The van der Waals surface area contributed by atoms with Crippen LogP contribution in [0.1, 0.15) is 17.3 Å². The number of rotatable bonds is 3. The van der Waals surface area contributed by atoms with Crippen molar-refractivity contribution in [1.82, 2.24) is 9.55 Å². The monoisotopic (exact) mass is 314 g/mol. The second-order valence-corrected chi connectivity index (χ2v) is 5.55. The molecule has 0 radical (unpaired) electrons. The van der Waals surface area contributed by atoms with Crippen molar-refractivity contribution in [3.05, 3.63) is 59.4 Å². The number of aromatic nitrogens is 2. The molecule has 0 aliphatic heterocycles. The van der Waals surface area contributed by atoms with E-state index in [1.165, 1.54) is 10.9 Å². The molecular formula is C17H15ClN2O2. The predicted octanol–water partition coefficient (Wildman–Crippen LogP) is 4.11. The van der Waals surface area contributed by atoms with Gasteiger partial charge >= 0.3 is 0 Å². The molecule has 0 N–H and O–H groups in total. The first-order chi connectivity index (χ1) is 10.6. The number of hydrogen-bond donors (Lipinski definition) is 0. The summed E-state index contributed by atoms with van der Waals surface area (Å²) in [5.74, 6) is 0.484. The van der Waals surface area contributed by atoms with Gasteiger partial charge in [-0.25, -0.2) is 4.98 Å². The fourth-order valence-electron chi connectivity index (χ4n) is 2.32. The van der Waals surface area contributed by atoms with Gasteiger partial charge in [-0.15, -0.1) is 0 Å². The van der Waals surface area contributed by atoms with Gasteiger partial charge in [0, 0.05) is 5.02 Å². The summed E-state index contributed by atoms with van der Waals surface area (Å²) in [7, 11) is 0. The van der Waals surface area contributed by atoms with E-state index in [4.69, 9.17) is 16.3 Å². The molecule has 1 aromatic heterocycles. The Morgan fingerprint density at radius 2 is 2.05 bits per heavy atom. The number of fused-ring (bicyclic) bond motifs is 1. The minimum Gasteiger partial charge on any atom is -0.481 e. The Kier molecular flexibility index (Phi) is 3.86. The number of hydrogen-bond acceptors (Lipinski definition) is 3. The standard InChI is InChI=1S/C17H15ClN2O2/c1-11-9-13(18)7-8-16(11)22-12(2)17(21)20-10-19-14-5-3-4-6-15(14)20/h3-10,12H,1-2H3/t12-/m0/s1. The largest absolute Gasteiger partial charge is 0.481 e. The van der Waals surface area contributed by atoms with Crippen LogP contribution < -0.4 is 4.74 Å². The molecule has 0 aliphatic rings. The number of ether oxygens (including phenoxy) is 1. The van der Waals surface area contributed by atoms with Crippen LogP contribution in [-0.4, -0.2) is 21.6 Å². The second kappa shape index (κ2) is 5.81. The molecule has 0 aliphatic carbocycles. The Bertz CT molecular complexity index is 842. The molecule has 5 heteroatoms. The third-order valence-electron chi connectivity index (χ3n) is 3.48. The number of aryl methyl sites for hydroxylation is 1. The van der Waals surface area contributed by atoms with Crippen LogP contribution >= 0.6 is 11.6 Å². The average Bonchev–Trinajstić information content (AvgIpc) is 2.93. The average molecular weight is 315 g/mol. The highest BCUT2D eigenvalue weighted by Crippen LogP contribution is 2.23. The van der Waals surface area contributed by atoms with E-state index in [0.29, 0.717) is 10.8 Å². The predicted molar refractivity (Wildman–Crippen MR) is 86.6 cm³/mol. The minimum absolute atomic E-state index is 0.164. The molecular weight excluding hydrogens is 300 g/mol. The normalized spacial score (nSPS) is 12.3. The fraction of sp³-hybridized carbons (Fsp3) is 0.176. The molecule has 1 heterocycles. The fourth-order valence-corrected chi connectivity index (χ4v) is 2.54. The molecule has 0 unspecified atom stereocenters. The maximum Gasteiger partial charge on any atom is 0.273 e. The van der Waals surface area contributed by atoms with Crippen molar-refractivity contribution in [1.29, 1.82) is 0 Å². The lowest BCUT2D eigenvalue weighted by atomic mass is 10.2. The van der Waals surface area contributed by atoms with Crippen molar-refractivity contribution in [2.24, 2.45) is 0 Å². The maximum absolute atomic E-state index is 12.6. The van der Waals surface area contributed by atoms with Gasteiger partial charge in [-0.1, -0.05) is 23.7 Å². The van der Waals surface area contributed by atoms with Crippen molar-refractivity contribution in [2.75, 3.05) is 0 Å². The van der Waals surface area contributed by atoms with Crippen LogP contribution in [0, 0.1) is 6.92 Å². The van der Waals surface area contributed by atoms with Crippen molar-refractivity contribution in [2.45, 2.75) is 20.0 Å². The summed E-state index contributed by atoms with van der Waals surface area (Å²) < 4.78 is 7.30. The number of carbonyl (C=O) groups excluding carboxylic acids is 1. The third kappa shape index (κ3) is 2.70.